The summed E-state index contributed by atoms with van der Waals surface area (Å²) < 4.78 is 26.2. The summed E-state index contributed by atoms with van der Waals surface area (Å²) in [6, 6.07) is 10.6. The van der Waals surface area contributed by atoms with E-state index in [1.54, 1.807) is 24.3 Å². The first-order valence-corrected chi connectivity index (χ1v) is 9.78. The molecule has 0 saturated heterocycles. The van der Waals surface area contributed by atoms with Crippen molar-refractivity contribution in [1.29, 1.82) is 0 Å². The Balaban J connectivity index is 1.84. The van der Waals surface area contributed by atoms with Crippen LogP contribution in [0.25, 0.3) is 0 Å². The average molecular weight is 396 g/mol. The van der Waals surface area contributed by atoms with Crippen LogP contribution in [0.15, 0.2) is 60.1 Å². The summed E-state index contributed by atoms with van der Waals surface area (Å²) in [5.41, 5.74) is 2.67. The van der Waals surface area contributed by atoms with Gasteiger partial charge in [-0.2, -0.15) is 0 Å². The van der Waals surface area contributed by atoms with Crippen LogP contribution in [0.1, 0.15) is 35.4 Å². The molecule has 0 aromatic heterocycles. The van der Waals surface area contributed by atoms with Gasteiger partial charge in [-0.05, 0) is 48.2 Å². The topological polar surface area (TPSA) is 58.9 Å². The van der Waals surface area contributed by atoms with Crippen LogP contribution in [0.5, 0.6) is 17.2 Å². The molecule has 0 amide bonds. The van der Waals surface area contributed by atoms with Crippen molar-refractivity contribution >= 4 is 0 Å². The molecule has 2 aromatic rings. The third-order valence-corrected chi connectivity index (χ3v) is 6.25. The molecule has 1 aliphatic heterocycles. The number of benzene rings is 2. The van der Waals surface area contributed by atoms with E-state index in [0.29, 0.717) is 17.9 Å². The summed E-state index contributed by atoms with van der Waals surface area (Å²) in [4.78, 5) is 0. The van der Waals surface area contributed by atoms with E-state index in [0.717, 1.165) is 11.1 Å². The second-order valence-electron chi connectivity index (χ2n) is 7.80. The van der Waals surface area contributed by atoms with Crippen molar-refractivity contribution in [3.05, 3.63) is 76.8 Å². The van der Waals surface area contributed by atoms with E-state index < -0.39 is 0 Å². The second-order valence-corrected chi connectivity index (χ2v) is 7.80. The van der Waals surface area contributed by atoms with Crippen molar-refractivity contribution in [2.45, 2.75) is 25.7 Å². The third-order valence-electron chi connectivity index (χ3n) is 6.25. The van der Waals surface area contributed by atoms with E-state index in [4.69, 9.17) is 9.47 Å². The maximum atomic E-state index is 14.9. The van der Waals surface area contributed by atoms with Gasteiger partial charge >= 0.3 is 0 Å². The molecule has 4 atom stereocenters. The Morgan fingerprint density at radius 2 is 1.83 bits per heavy atom. The molecular formula is C24H25FO4. The monoisotopic (exact) mass is 396 g/mol. The molecule has 2 unspecified atom stereocenters. The van der Waals surface area contributed by atoms with Gasteiger partial charge in [-0.1, -0.05) is 31.2 Å². The SMILES string of the molecule is COC1=C(F)C(C)C([C@H]2c3ccc(O)c(C)c3OC[C@H]2c2ccc(O)cc2)C=C1. The van der Waals surface area contributed by atoms with Crippen LogP contribution in [-0.2, 0) is 4.74 Å². The molecule has 2 aromatic carbocycles. The van der Waals surface area contributed by atoms with Crippen molar-refractivity contribution in [1.82, 2.24) is 0 Å². The largest absolute Gasteiger partial charge is 0.508 e. The summed E-state index contributed by atoms with van der Waals surface area (Å²) in [6.45, 7) is 4.11. The zero-order chi connectivity index (χ0) is 20.7. The Bertz CT molecular complexity index is 977. The van der Waals surface area contributed by atoms with Crippen molar-refractivity contribution < 1.29 is 24.1 Å². The summed E-state index contributed by atoms with van der Waals surface area (Å²) >= 11 is 0. The molecule has 0 bridgehead atoms. The van der Waals surface area contributed by atoms with Crippen LogP contribution in [0.2, 0.25) is 0 Å². The van der Waals surface area contributed by atoms with Gasteiger partial charge in [0.25, 0.3) is 0 Å². The molecule has 4 rings (SSSR count). The van der Waals surface area contributed by atoms with Gasteiger partial charge in [0, 0.05) is 23.3 Å². The minimum atomic E-state index is -0.361. The number of hydrogen-bond donors (Lipinski definition) is 2. The van der Waals surface area contributed by atoms with E-state index in [2.05, 4.69) is 0 Å². The van der Waals surface area contributed by atoms with Gasteiger partial charge in [-0.15, -0.1) is 0 Å². The molecule has 5 heteroatoms. The number of phenolic OH excluding ortho intramolecular Hbond substituents is 2. The minimum absolute atomic E-state index is 0.0268. The maximum absolute atomic E-state index is 14.9. The lowest BCUT2D eigenvalue weighted by Gasteiger charge is -2.41. The van der Waals surface area contributed by atoms with Crippen molar-refractivity contribution in [2.24, 2.45) is 11.8 Å². The number of allylic oxidation sites excluding steroid dienone is 3. The molecule has 29 heavy (non-hydrogen) atoms. The zero-order valence-corrected chi connectivity index (χ0v) is 16.7. The highest BCUT2D eigenvalue weighted by molar-refractivity contribution is 5.53. The number of rotatable bonds is 3. The van der Waals surface area contributed by atoms with Gasteiger partial charge in [0.2, 0.25) is 0 Å². The number of aromatic hydroxyl groups is 2. The maximum Gasteiger partial charge on any atom is 0.150 e. The van der Waals surface area contributed by atoms with E-state index in [1.807, 2.05) is 38.1 Å². The summed E-state index contributed by atoms with van der Waals surface area (Å²) in [7, 11) is 1.47. The van der Waals surface area contributed by atoms with Gasteiger partial charge in [0.05, 0.1) is 13.7 Å². The number of phenols is 2. The normalized spacial score (nSPS) is 26.1. The van der Waals surface area contributed by atoms with Crippen LogP contribution in [-0.4, -0.2) is 23.9 Å². The van der Waals surface area contributed by atoms with Crippen molar-refractivity contribution in [3.8, 4) is 17.2 Å². The predicted molar refractivity (Wildman–Crippen MR) is 109 cm³/mol. The molecule has 1 heterocycles. The molecule has 152 valence electrons. The first-order valence-electron chi connectivity index (χ1n) is 9.78. The number of methoxy groups -OCH3 is 1. The molecule has 0 spiro atoms. The first kappa shape index (κ1) is 19.4. The Hall–Kier alpha value is -2.95. The summed E-state index contributed by atoms with van der Waals surface area (Å²) in [6.07, 6.45) is 3.72. The lowest BCUT2D eigenvalue weighted by molar-refractivity contribution is 0.189. The number of hydrogen-bond acceptors (Lipinski definition) is 4. The Morgan fingerprint density at radius 1 is 1.10 bits per heavy atom. The van der Waals surface area contributed by atoms with E-state index in [9.17, 15) is 14.6 Å². The second kappa shape index (κ2) is 7.47. The quantitative estimate of drug-likeness (QED) is 0.738. The smallest absolute Gasteiger partial charge is 0.150 e. The van der Waals surface area contributed by atoms with Gasteiger partial charge in [0.1, 0.15) is 28.8 Å². The lowest BCUT2D eigenvalue weighted by Crippen LogP contribution is -2.33. The fourth-order valence-corrected chi connectivity index (χ4v) is 4.58. The molecule has 2 N–H and O–H groups in total. The molecule has 1 aliphatic carbocycles. The van der Waals surface area contributed by atoms with Gasteiger partial charge in [0.15, 0.2) is 0 Å². The van der Waals surface area contributed by atoms with Gasteiger partial charge < -0.3 is 19.7 Å². The van der Waals surface area contributed by atoms with Crippen LogP contribution in [0, 0.1) is 18.8 Å². The van der Waals surface area contributed by atoms with E-state index in [1.165, 1.54) is 7.11 Å². The number of ether oxygens (including phenoxy) is 2. The average Bonchev–Trinajstić information content (AvgIpc) is 2.73. The molecule has 2 aliphatic rings. The summed E-state index contributed by atoms with van der Waals surface area (Å²) in [5, 5.41) is 19.8. The predicted octanol–water partition coefficient (Wildman–Crippen LogP) is 5.32. The highest BCUT2D eigenvalue weighted by atomic mass is 19.1. The van der Waals surface area contributed by atoms with Crippen LogP contribution in [0.3, 0.4) is 0 Å². The Morgan fingerprint density at radius 3 is 2.52 bits per heavy atom. The van der Waals surface area contributed by atoms with E-state index in [-0.39, 0.29) is 46.8 Å². The molecule has 4 nitrogen and oxygen atoms in total. The fourth-order valence-electron chi connectivity index (χ4n) is 4.58. The number of fused-ring (bicyclic) bond motifs is 1. The standard InChI is InChI=1S/C24H25FO4/c1-13-17(9-11-21(28-3)23(13)25)22-18-8-10-20(27)14(2)24(18)29-12-19(22)15-4-6-16(26)7-5-15/h4-11,13,17,19,22,26-27H,12H2,1-3H3/t13?,17?,19-,22-/m0/s1. The Kier molecular flexibility index (Phi) is 4.99. The highest BCUT2D eigenvalue weighted by Gasteiger charge is 2.42. The molecule has 0 saturated carbocycles. The highest BCUT2D eigenvalue weighted by Crippen LogP contribution is 2.52. The van der Waals surface area contributed by atoms with Crippen LogP contribution < -0.4 is 4.74 Å². The molecule has 0 fully saturated rings. The minimum Gasteiger partial charge on any atom is -0.508 e. The lowest BCUT2D eigenvalue weighted by atomic mass is 9.67. The van der Waals surface area contributed by atoms with Crippen molar-refractivity contribution in [2.75, 3.05) is 13.7 Å². The number of halogens is 1. The van der Waals surface area contributed by atoms with E-state index >= 15 is 0 Å². The van der Waals surface area contributed by atoms with Gasteiger partial charge in [-0.3, -0.25) is 0 Å². The third kappa shape index (κ3) is 3.24. The van der Waals surface area contributed by atoms with Gasteiger partial charge in [-0.25, -0.2) is 4.39 Å². The van der Waals surface area contributed by atoms with Crippen LogP contribution >= 0.6 is 0 Å². The fraction of sp³-hybridized carbons (Fsp3) is 0.333. The van der Waals surface area contributed by atoms with Crippen LogP contribution in [0.4, 0.5) is 4.39 Å². The molecule has 0 radical (unpaired) electrons. The molecular weight excluding hydrogens is 371 g/mol. The Labute approximate surface area is 169 Å². The van der Waals surface area contributed by atoms with Crippen molar-refractivity contribution in [3.63, 3.8) is 0 Å². The zero-order valence-electron chi connectivity index (χ0n) is 16.7. The summed E-state index contributed by atoms with van der Waals surface area (Å²) in [5.74, 6) is 0.515. The first-order chi connectivity index (χ1) is 13.9.